The van der Waals surface area contributed by atoms with Gasteiger partial charge in [0.25, 0.3) is 0 Å². The normalized spacial score (nSPS) is 13.4. The van der Waals surface area contributed by atoms with E-state index in [1.165, 1.54) is 0 Å². The lowest BCUT2D eigenvalue weighted by atomic mass is 10.1. The Kier molecular flexibility index (Phi) is 7.56. The number of esters is 2. The first-order valence-corrected chi connectivity index (χ1v) is 8.79. The maximum atomic E-state index is 12.1. The Balaban J connectivity index is 3.01. The van der Waals surface area contributed by atoms with Crippen LogP contribution in [0.1, 0.15) is 61.3 Å². The second kappa shape index (κ2) is 8.67. The molecule has 2 atom stereocenters. The lowest BCUT2D eigenvalue weighted by molar-refractivity contribution is 0.0317. The Morgan fingerprint density at radius 2 is 1.23 bits per heavy atom. The zero-order valence-corrected chi connectivity index (χ0v) is 16.3. The molecule has 1 aromatic carbocycles. The van der Waals surface area contributed by atoms with Crippen LogP contribution in [-0.2, 0) is 9.47 Å². The summed E-state index contributed by atoms with van der Waals surface area (Å²) in [6.07, 6.45) is 1.16. The van der Waals surface area contributed by atoms with Crippen LogP contribution < -0.4 is 0 Å². The summed E-state index contributed by atoms with van der Waals surface area (Å²) in [5, 5.41) is 0. The SMILES string of the molecule is CCC(C)OC(=O)c1cc(Br)c(C(=O)OC(C)CC)cc1Br. The van der Waals surface area contributed by atoms with Crippen molar-refractivity contribution in [3.63, 3.8) is 0 Å². The van der Waals surface area contributed by atoms with Gasteiger partial charge < -0.3 is 9.47 Å². The fourth-order valence-electron chi connectivity index (χ4n) is 1.52. The van der Waals surface area contributed by atoms with Gasteiger partial charge in [-0.3, -0.25) is 0 Å². The summed E-state index contributed by atoms with van der Waals surface area (Å²) in [6, 6.07) is 3.14. The summed E-state index contributed by atoms with van der Waals surface area (Å²) >= 11 is 6.63. The summed E-state index contributed by atoms with van der Waals surface area (Å²) < 4.78 is 11.6. The van der Waals surface area contributed by atoms with E-state index in [0.29, 0.717) is 20.1 Å². The van der Waals surface area contributed by atoms with E-state index in [-0.39, 0.29) is 12.2 Å². The summed E-state index contributed by atoms with van der Waals surface area (Å²) in [5.41, 5.74) is 0.736. The van der Waals surface area contributed by atoms with Crippen molar-refractivity contribution in [2.75, 3.05) is 0 Å². The van der Waals surface area contributed by atoms with E-state index in [1.807, 2.05) is 27.7 Å². The molecule has 0 saturated heterocycles. The van der Waals surface area contributed by atoms with Crippen LogP contribution in [0.15, 0.2) is 21.1 Å². The zero-order valence-electron chi connectivity index (χ0n) is 13.1. The van der Waals surface area contributed by atoms with Crippen LogP contribution in [0.3, 0.4) is 0 Å². The molecule has 0 aliphatic heterocycles. The van der Waals surface area contributed by atoms with Crippen molar-refractivity contribution in [3.05, 3.63) is 32.2 Å². The first kappa shape index (κ1) is 19.2. The highest BCUT2D eigenvalue weighted by atomic mass is 79.9. The molecule has 6 heteroatoms. The summed E-state index contributed by atoms with van der Waals surface area (Å²) in [6.45, 7) is 7.55. The molecule has 2 unspecified atom stereocenters. The third-order valence-corrected chi connectivity index (χ3v) is 4.58. The molecular weight excluding hydrogens is 416 g/mol. The highest BCUT2D eigenvalue weighted by Crippen LogP contribution is 2.28. The van der Waals surface area contributed by atoms with Gasteiger partial charge in [0.2, 0.25) is 0 Å². The fourth-order valence-corrected chi connectivity index (χ4v) is 2.53. The Bertz CT molecular complexity index is 508. The van der Waals surface area contributed by atoms with Gasteiger partial charge in [-0.25, -0.2) is 9.59 Å². The van der Waals surface area contributed by atoms with Crippen LogP contribution in [0.2, 0.25) is 0 Å². The van der Waals surface area contributed by atoms with Gasteiger partial charge in [-0.2, -0.15) is 0 Å². The van der Waals surface area contributed by atoms with Gasteiger partial charge in [-0.1, -0.05) is 13.8 Å². The minimum atomic E-state index is -0.427. The monoisotopic (exact) mass is 434 g/mol. The van der Waals surface area contributed by atoms with E-state index in [4.69, 9.17) is 9.47 Å². The molecule has 0 aliphatic carbocycles. The molecule has 0 bridgehead atoms. The third-order valence-electron chi connectivity index (χ3n) is 3.26. The van der Waals surface area contributed by atoms with Crippen molar-refractivity contribution in [2.45, 2.75) is 52.7 Å². The molecule has 1 rings (SSSR count). The van der Waals surface area contributed by atoms with Crippen LogP contribution in [0.4, 0.5) is 0 Å². The molecule has 0 aromatic heterocycles. The first-order valence-electron chi connectivity index (χ1n) is 7.21. The molecule has 4 nitrogen and oxygen atoms in total. The molecule has 0 saturated carbocycles. The van der Waals surface area contributed by atoms with E-state index in [2.05, 4.69) is 31.9 Å². The Labute approximate surface area is 147 Å². The molecule has 0 N–H and O–H groups in total. The number of carbonyl (C=O) groups excluding carboxylic acids is 2. The number of hydrogen-bond acceptors (Lipinski definition) is 4. The highest BCUT2D eigenvalue weighted by Gasteiger charge is 2.21. The van der Waals surface area contributed by atoms with Gasteiger partial charge in [0.1, 0.15) is 0 Å². The van der Waals surface area contributed by atoms with Crippen molar-refractivity contribution < 1.29 is 19.1 Å². The molecule has 1 aromatic rings. The van der Waals surface area contributed by atoms with Crippen molar-refractivity contribution in [1.29, 1.82) is 0 Å². The van der Waals surface area contributed by atoms with E-state index in [9.17, 15) is 9.59 Å². The largest absolute Gasteiger partial charge is 0.459 e. The molecule has 122 valence electrons. The molecular formula is C16H20Br2O4. The standard InChI is InChI=1S/C16H20Br2O4/c1-5-9(3)21-15(19)11-7-14(18)12(8-13(11)17)16(20)22-10(4)6-2/h7-10H,5-6H2,1-4H3. The van der Waals surface area contributed by atoms with Gasteiger partial charge >= 0.3 is 11.9 Å². The lowest BCUT2D eigenvalue weighted by Crippen LogP contribution is -2.17. The average Bonchev–Trinajstić information content (AvgIpc) is 2.48. The first-order chi connectivity index (χ1) is 10.3. The Morgan fingerprint density at radius 1 is 0.909 bits per heavy atom. The van der Waals surface area contributed by atoms with E-state index in [0.717, 1.165) is 12.8 Å². The molecule has 0 radical (unpaired) electrons. The summed E-state index contributed by atoms with van der Waals surface area (Å²) in [7, 11) is 0. The quantitative estimate of drug-likeness (QED) is 0.581. The maximum absolute atomic E-state index is 12.1. The van der Waals surface area contributed by atoms with Crippen LogP contribution in [0.25, 0.3) is 0 Å². The van der Waals surface area contributed by atoms with Crippen LogP contribution >= 0.6 is 31.9 Å². The summed E-state index contributed by atoms with van der Waals surface area (Å²) in [4.78, 5) is 24.2. The summed E-state index contributed by atoms with van der Waals surface area (Å²) in [5.74, 6) is -0.854. The van der Waals surface area contributed by atoms with Gasteiger partial charge in [0.05, 0.1) is 23.3 Å². The minimum absolute atomic E-state index is 0.159. The van der Waals surface area contributed by atoms with Crippen molar-refractivity contribution in [1.82, 2.24) is 0 Å². The molecule has 0 heterocycles. The topological polar surface area (TPSA) is 52.6 Å². The number of benzene rings is 1. The molecule has 22 heavy (non-hydrogen) atoms. The molecule has 0 fully saturated rings. The maximum Gasteiger partial charge on any atom is 0.339 e. The second-order valence-electron chi connectivity index (χ2n) is 5.06. The lowest BCUT2D eigenvalue weighted by Gasteiger charge is -2.15. The third kappa shape index (κ3) is 5.09. The van der Waals surface area contributed by atoms with E-state index >= 15 is 0 Å². The molecule has 0 amide bonds. The van der Waals surface area contributed by atoms with Crippen LogP contribution in [0, 0.1) is 0 Å². The number of rotatable bonds is 6. The number of halogens is 2. The van der Waals surface area contributed by atoms with Crippen LogP contribution in [0.5, 0.6) is 0 Å². The minimum Gasteiger partial charge on any atom is -0.459 e. The predicted molar refractivity (Wildman–Crippen MR) is 92.2 cm³/mol. The van der Waals surface area contributed by atoms with E-state index in [1.54, 1.807) is 12.1 Å². The van der Waals surface area contributed by atoms with Gasteiger partial charge in [0.15, 0.2) is 0 Å². The smallest absolute Gasteiger partial charge is 0.339 e. The second-order valence-corrected chi connectivity index (χ2v) is 6.77. The van der Waals surface area contributed by atoms with Crippen molar-refractivity contribution >= 4 is 43.8 Å². The van der Waals surface area contributed by atoms with E-state index < -0.39 is 11.9 Å². The predicted octanol–water partition coefficient (Wildman–Crippen LogP) is 5.12. The Hall–Kier alpha value is -0.880. The zero-order chi connectivity index (χ0) is 16.9. The average molecular weight is 436 g/mol. The van der Waals surface area contributed by atoms with Gasteiger partial charge in [0, 0.05) is 8.95 Å². The Morgan fingerprint density at radius 3 is 1.50 bits per heavy atom. The van der Waals surface area contributed by atoms with Gasteiger partial charge in [-0.05, 0) is 70.7 Å². The van der Waals surface area contributed by atoms with Crippen LogP contribution in [-0.4, -0.2) is 24.1 Å². The van der Waals surface area contributed by atoms with Gasteiger partial charge in [-0.15, -0.1) is 0 Å². The highest BCUT2D eigenvalue weighted by molar-refractivity contribution is 9.11. The molecule has 0 aliphatic rings. The number of ether oxygens (including phenoxy) is 2. The number of hydrogen-bond donors (Lipinski definition) is 0. The van der Waals surface area contributed by atoms with Crippen molar-refractivity contribution in [3.8, 4) is 0 Å². The fraction of sp³-hybridized carbons (Fsp3) is 0.500. The number of carbonyl (C=O) groups is 2. The van der Waals surface area contributed by atoms with Crippen molar-refractivity contribution in [2.24, 2.45) is 0 Å². The molecule has 0 spiro atoms.